The molecule has 0 saturated heterocycles. The number of likely N-dealkylation sites (N-methyl/N-ethyl adjacent to an activating group) is 1. The van der Waals surface area contributed by atoms with E-state index in [0.717, 1.165) is 15.6 Å². The van der Waals surface area contributed by atoms with Crippen molar-refractivity contribution in [2.45, 2.75) is 19.9 Å². The summed E-state index contributed by atoms with van der Waals surface area (Å²) in [4.78, 5) is 14.0. The molecule has 0 saturated carbocycles. The molecule has 5 heteroatoms. The molecule has 1 amide bonds. The van der Waals surface area contributed by atoms with Crippen molar-refractivity contribution >= 4 is 21.8 Å². The molecule has 0 bridgehead atoms. The number of aromatic nitrogens is 2. The maximum Gasteiger partial charge on any atom is 0.226 e. The molecule has 20 heavy (non-hydrogen) atoms. The molecule has 0 N–H and O–H groups in total. The fourth-order valence-electron chi connectivity index (χ4n) is 1.95. The summed E-state index contributed by atoms with van der Waals surface area (Å²) < 4.78 is 2.87. The van der Waals surface area contributed by atoms with Crippen LogP contribution in [0, 0.1) is 6.92 Å². The van der Waals surface area contributed by atoms with Gasteiger partial charge in [-0.15, -0.1) is 0 Å². The first-order valence-electron chi connectivity index (χ1n) is 6.53. The molecule has 2 aromatic rings. The number of amides is 1. The molecule has 1 aromatic heterocycles. The third-order valence-electron chi connectivity index (χ3n) is 3.37. The number of benzene rings is 1. The number of hydrogen-bond acceptors (Lipinski definition) is 2. The maximum absolute atomic E-state index is 12.2. The SMILES string of the molecule is Cc1c(Br)cccc1CC(=O)N(C)CCn1cccn1. The highest BCUT2D eigenvalue weighted by Gasteiger charge is 2.12. The quantitative estimate of drug-likeness (QED) is 0.842. The fourth-order valence-corrected chi connectivity index (χ4v) is 2.36. The summed E-state index contributed by atoms with van der Waals surface area (Å²) in [6.07, 6.45) is 4.07. The van der Waals surface area contributed by atoms with Gasteiger partial charge in [0.25, 0.3) is 0 Å². The van der Waals surface area contributed by atoms with Crippen LogP contribution in [0.5, 0.6) is 0 Å². The Morgan fingerprint density at radius 2 is 2.20 bits per heavy atom. The van der Waals surface area contributed by atoms with E-state index in [1.807, 2.05) is 49.1 Å². The lowest BCUT2D eigenvalue weighted by Gasteiger charge is -2.18. The Hall–Kier alpha value is -1.62. The van der Waals surface area contributed by atoms with Crippen LogP contribution in [0.15, 0.2) is 41.1 Å². The summed E-state index contributed by atoms with van der Waals surface area (Å²) in [6.45, 7) is 3.40. The highest BCUT2D eigenvalue weighted by Crippen LogP contribution is 2.20. The smallest absolute Gasteiger partial charge is 0.226 e. The third-order valence-corrected chi connectivity index (χ3v) is 4.23. The molecule has 1 aromatic carbocycles. The van der Waals surface area contributed by atoms with Crippen molar-refractivity contribution in [3.63, 3.8) is 0 Å². The molecule has 0 aliphatic rings. The highest BCUT2D eigenvalue weighted by atomic mass is 79.9. The summed E-state index contributed by atoms with van der Waals surface area (Å²) in [5, 5.41) is 4.13. The molecular weight excluding hydrogens is 318 g/mol. The van der Waals surface area contributed by atoms with Crippen molar-refractivity contribution in [2.75, 3.05) is 13.6 Å². The van der Waals surface area contributed by atoms with Gasteiger partial charge in [0.05, 0.1) is 13.0 Å². The van der Waals surface area contributed by atoms with Gasteiger partial charge in [-0.1, -0.05) is 28.1 Å². The molecule has 0 atom stereocenters. The average molecular weight is 336 g/mol. The molecule has 0 spiro atoms. The van der Waals surface area contributed by atoms with Crippen LogP contribution in [0.25, 0.3) is 0 Å². The summed E-state index contributed by atoms with van der Waals surface area (Å²) >= 11 is 3.49. The van der Waals surface area contributed by atoms with E-state index in [9.17, 15) is 4.79 Å². The second-order valence-electron chi connectivity index (χ2n) is 4.79. The van der Waals surface area contributed by atoms with Crippen molar-refractivity contribution < 1.29 is 4.79 Å². The predicted octanol–water partition coefficient (Wildman–Crippen LogP) is 2.66. The van der Waals surface area contributed by atoms with Gasteiger partial charge in [0, 0.05) is 30.5 Å². The molecule has 0 aliphatic carbocycles. The second-order valence-corrected chi connectivity index (χ2v) is 5.64. The molecule has 106 valence electrons. The number of halogens is 1. The van der Waals surface area contributed by atoms with Crippen molar-refractivity contribution in [3.8, 4) is 0 Å². The van der Waals surface area contributed by atoms with Crippen LogP contribution in [0.3, 0.4) is 0 Å². The van der Waals surface area contributed by atoms with Gasteiger partial charge in [-0.3, -0.25) is 9.48 Å². The lowest BCUT2D eigenvalue weighted by molar-refractivity contribution is -0.129. The molecule has 1 heterocycles. The summed E-state index contributed by atoms with van der Waals surface area (Å²) in [6, 6.07) is 7.83. The minimum absolute atomic E-state index is 0.123. The molecule has 4 nitrogen and oxygen atoms in total. The minimum Gasteiger partial charge on any atom is -0.344 e. The normalized spacial score (nSPS) is 10.6. The van der Waals surface area contributed by atoms with Gasteiger partial charge in [-0.05, 0) is 30.2 Å². The van der Waals surface area contributed by atoms with Gasteiger partial charge in [-0.2, -0.15) is 5.10 Å². The maximum atomic E-state index is 12.2. The Bertz CT molecular complexity index is 581. The Balaban J connectivity index is 1.92. The Morgan fingerprint density at radius 3 is 2.90 bits per heavy atom. The standard InChI is InChI=1S/C15H18BrN3O/c1-12-13(5-3-6-14(12)16)11-15(20)18(2)9-10-19-8-4-7-17-19/h3-8H,9-11H2,1-2H3. The molecule has 0 unspecified atom stereocenters. The predicted molar refractivity (Wildman–Crippen MR) is 82.4 cm³/mol. The number of nitrogens with zero attached hydrogens (tertiary/aromatic N) is 3. The van der Waals surface area contributed by atoms with Gasteiger partial charge in [0.1, 0.15) is 0 Å². The molecule has 0 aliphatic heterocycles. The van der Waals surface area contributed by atoms with Crippen molar-refractivity contribution in [2.24, 2.45) is 0 Å². The first-order valence-corrected chi connectivity index (χ1v) is 7.32. The first-order chi connectivity index (χ1) is 9.58. The van der Waals surface area contributed by atoms with Crippen molar-refractivity contribution in [3.05, 3.63) is 52.3 Å². The van der Waals surface area contributed by atoms with Crippen LogP contribution in [0.1, 0.15) is 11.1 Å². The topological polar surface area (TPSA) is 38.1 Å². The summed E-state index contributed by atoms with van der Waals surface area (Å²) in [5.74, 6) is 0.123. The zero-order valence-electron chi connectivity index (χ0n) is 11.7. The Labute approximate surface area is 127 Å². The molecule has 0 fully saturated rings. The summed E-state index contributed by atoms with van der Waals surface area (Å²) in [5.41, 5.74) is 2.19. The number of carbonyl (C=O) groups is 1. The monoisotopic (exact) mass is 335 g/mol. The lowest BCUT2D eigenvalue weighted by atomic mass is 10.1. The van der Waals surface area contributed by atoms with E-state index in [0.29, 0.717) is 19.5 Å². The number of hydrogen-bond donors (Lipinski definition) is 0. The van der Waals surface area contributed by atoms with Crippen LogP contribution in [0.4, 0.5) is 0 Å². The Morgan fingerprint density at radius 1 is 1.40 bits per heavy atom. The molecule has 0 radical (unpaired) electrons. The zero-order chi connectivity index (χ0) is 14.5. The van der Waals surface area contributed by atoms with Crippen LogP contribution in [0.2, 0.25) is 0 Å². The van der Waals surface area contributed by atoms with Gasteiger partial charge < -0.3 is 4.90 Å². The van der Waals surface area contributed by atoms with Crippen LogP contribution in [-0.4, -0.2) is 34.2 Å². The fraction of sp³-hybridized carbons (Fsp3) is 0.333. The van der Waals surface area contributed by atoms with Gasteiger partial charge in [0.2, 0.25) is 5.91 Å². The lowest BCUT2D eigenvalue weighted by Crippen LogP contribution is -2.31. The summed E-state index contributed by atoms with van der Waals surface area (Å²) in [7, 11) is 1.83. The second kappa shape index (κ2) is 6.70. The highest BCUT2D eigenvalue weighted by molar-refractivity contribution is 9.10. The van der Waals surface area contributed by atoms with Crippen LogP contribution < -0.4 is 0 Å². The number of carbonyl (C=O) groups excluding carboxylic acids is 1. The van der Waals surface area contributed by atoms with E-state index >= 15 is 0 Å². The van der Waals surface area contributed by atoms with Crippen LogP contribution in [-0.2, 0) is 17.8 Å². The molecule has 2 rings (SSSR count). The Kier molecular flexibility index (Phi) is 4.95. The van der Waals surface area contributed by atoms with E-state index in [2.05, 4.69) is 21.0 Å². The van der Waals surface area contributed by atoms with E-state index in [-0.39, 0.29) is 5.91 Å². The first kappa shape index (κ1) is 14.8. The van der Waals surface area contributed by atoms with E-state index < -0.39 is 0 Å². The van der Waals surface area contributed by atoms with E-state index in [4.69, 9.17) is 0 Å². The average Bonchev–Trinajstić information content (AvgIpc) is 2.94. The molecular formula is C15H18BrN3O. The van der Waals surface area contributed by atoms with E-state index in [1.165, 1.54) is 0 Å². The van der Waals surface area contributed by atoms with Crippen molar-refractivity contribution in [1.29, 1.82) is 0 Å². The van der Waals surface area contributed by atoms with Crippen LogP contribution >= 0.6 is 15.9 Å². The zero-order valence-corrected chi connectivity index (χ0v) is 13.3. The van der Waals surface area contributed by atoms with E-state index in [1.54, 1.807) is 11.1 Å². The van der Waals surface area contributed by atoms with Crippen molar-refractivity contribution in [1.82, 2.24) is 14.7 Å². The largest absolute Gasteiger partial charge is 0.344 e. The van der Waals surface area contributed by atoms with Gasteiger partial charge in [0.15, 0.2) is 0 Å². The third kappa shape index (κ3) is 3.70. The van der Waals surface area contributed by atoms with Gasteiger partial charge >= 0.3 is 0 Å². The van der Waals surface area contributed by atoms with Gasteiger partial charge in [-0.25, -0.2) is 0 Å². The number of rotatable bonds is 5. The minimum atomic E-state index is 0.123.